The van der Waals surface area contributed by atoms with Gasteiger partial charge >= 0.3 is 0 Å². The number of benzene rings is 1. The highest BCUT2D eigenvalue weighted by molar-refractivity contribution is 6.33. The number of amides is 1. The minimum absolute atomic E-state index is 0.148. The summed E-state index contributed by atoms with van der Waals surface area (Å²) in [6.07, 6.45) is 1.40. The zero-order valence-corrected chi connectivity index (χ0v) is 8.36. The van der Waals surface area contributed by atoms with E-state index in [0.29, 0.717) is 10.7 Å². The first-order valence-electron chi connectivity index (χ1n) is 4.24. The van der Waals surface area contributed by atoms with Crippen molar-refractivity contribution in [1.29, 1.82) is 0 Å². The van der Waals surface area contributed by atoms with Gasteiger partial charge in [0.1, 0.15) is 0 Å². The second kappa shape index (κ2) is 4.14. The number of nitrogens with zero attached hydrogens (tertiary/aromatic N) is 1. The summed E-state index contributed by atoms with van der Waals surface area (Å²) in [4.78, 5) is 11.5. The van der Waals surface area contributed by atoms with E-state index in [2.05, 4.69) is 10.5 Å². The molecule has 1 aromatic carbocycles. The van der Waals surface area contributed by atoms with Crippen LogP contribution in [0.1, 0.15) is 10.6 Å². The molecular weight excluding hydrogens is 216 g/mol. The SMILES string of the molecule is O=C(Nc1ccccc1Cl)c1ccno1. The molecule has 0 fully saturated rings. The summed E-state index contributed by atoms with van der Waals surface area (Å²) >= 11 is 5.87. The van der Waals surface area contributed by atoms with Gasteiger partial charge in [0.15, 0.2) is 0 Å². The fourth-order valence-electron chi connectivity index (χ4n) is 1.08. The molecule has 0 unspecified atom stereocenters. The molecule has 0 bridgehead atoms. The second-order valence-corrected chi connectivity index (χ2v) is 3.22. The molecule has 0 aliphatic heterocycles. The Morgan fingerprint density at radius 2 is 2.13 bits per heavy atom. The fourth-order valence-corrected chi connectivity index (χ4v) is 1.26. The lowest BCUT2D eigenvalue weighted by molar-refractivity contribution is 0.0988. The van der Waals surface area contributed by atoms with E-state index >= 15 is 0 Å². The van der Waals surface area contributed by atoms with Crippen LogP contribution >= 0.6 is 11.6 Å². The maximum absolute atomic E-state index is 11.5. The standard InChI is InChI=1S/C10H7ClN2O2/c11-7-3-1-2-4-8(7)13-10(14)9-5-6-12-15-9/h1-6H,(H,13,14). The highest BCUT2D eigenvalue weighted by Gasteiger charge is 2.10. The zero-order valence-electron chi connectivity index (χ0n) is 7.61. The molecule has 0 spiro atoms. The van der Waals surface area contributed by atoms with Crippen LogP contribution in [0.2, 0.25) is 5.02 Å². The van der Waals surface area contributed by atoms with E-state index < -0.39 is 0 Å². The highest BCUT2D eigenvalue weighted by atomic mass is 35.5. The molecular formula is C10H7ClN2O2. The number of halogens is 1. The third-order valence-corrected chi connectivity index (χ3v) is 2.11. The number of aromatic nitrogens is 1. The average molecular weight is 223 g/mol. The molecule has 2 rings (SSSR count). The minimum Gasteiger partial charge on any atom is -0.351 e. The Morgan fingerprint density at radius 1 is 1.33 bits per heavy atom. The van der Waals surface area contributed by atoms with Crippen LogP contribution in [0, 0.1) is 0 Å². The van der Waals surface area contributed by atoms with Crippen LogP contribution in [-0.2, 0) is 0 Å². The van der Waals surface area contributed by atoms with Crippen LogP contribution in [0.3, 0.4) is 0 Å². The first kappa shape index (κ1) is 9.73. The number of hydrogen-bond acceptors (Lipinski definition) is 3. The van der Waals surface area contributed by atoms with Gasteiger partial charge in [-0.1, -0.05) is 28.9 Å². The Morgan fingerprint density at radius 3 is 2.80 bits per heavy atom. The van der Waals surface area contributed by atoms with Crippen LogP contribution in [-0.4, -0.2) is 11.1 Å². The van der Waals surface area contributed by atoms with Gasteiger partial charge < -0.3 is 9.84 Å². The van der Waals surface area contributed by atoms with Gasteiger partial charge in [0.25, 0.3) is 5.91 Å². The summed E-state index contributed by atoms with van der Waals surface area (Å²) in [5.74, 6) is -0.226. The lowest BCUT2D eigenvalue weighted by atomic mass is 10.3. The van der Waals surface area contributed by atoms with Gasteiger partial charge in [0.2, 0.25) is 5.76 Å². The van der Waals surface area contributed by atoms with Crippen LogP contribution in [0.4, 0.5) is 5.69 Å². The maximum atomic E-state index is 11.5. The normalized spacial score (nSPS) is 9.93. The highest BCUT2D eigenvalue weighted by Crippen LogP contribution is 2.20. The van der Waals surface area contributed by atoms with Gasteiger partial charge in [-0.2, -0.15) is 0 Å². The van der Waals surface area contributed by atoms with Gasteiger partial charge in [-0.05, 0) is 12.1 Å². The van der Waals surface area contributed by atoms with Gasteiger partial charge in [-0.15, -0.1) is 0 Å². The van der Waals surface area contributed by atoms with Crippen LogP contribution in [0.5, 0.6) is 0 Å². The van der Waals surface area contributed by atoms with Crippen molar-refractivity contribution in [3.8, 4) is 0 Å². The van der Waals surface area contributed by atoms with E-state index in [1.54, 1.807) is 24.3 Å². The van der Waals surface area contributed by atoms with E-state index in [4.69, 9.17) is 16.1 Å². The number of rotatable bonds is 2. The number of anilines is 1. The quantitative estimate of drug-likeness (QED) is 0.850. The molecule has 2 aromatic rings. The lowest BCUT2D eigenvalue weighted by Gasteiger charge is -2.03. The maximum Gasteiger partial charge on any atom is 0.294 e. The zero-order chi connectivity index (χ0) is 10.7. The van der Waals surface area contributed by atoms with E-state index in [1.807, 2.05) is 0 Å². The molecule has 1 aromatic heterocycles. The summed E-state index contributed by atoms with van der Waals surface area (Å²) in [6, 6.07) is 8.44. The van der Waals surface area contributed by atoms with E-state index in [-0.39, 0.29) is 11.7 Å². The average Bonchev–Trinajstić information content (AvgIpc) is 2.74. The molecule has 5 heteroatoms. The van der Waals surface area contributed by atoms with Gasteiger partial charge in [0, 0.05) is 6.07 Å². The number of carbonyl (C=O) groups excluding carboxylic acids is 1. The van der Waals surface area contributed by atoms with Crippen molar-refractivity contribution in [3.05, 3.63) is 47.3 Å². The molecule has 0 radical (unpaired) electrons. The Hall–Kier alpha value is -1.81. The van der Waals surface area contributed by atoms with Gasteiger partial charge in [-0.25, -0.2) is 0 Å². The van der Waals surface area contributed by atoms with Crippen molar-refractivity contribution in [2.45, 2.75) is 0 Å². The van der Waals surface area contributed by atoms with Crippen molar-refractivity contribution in [2.75, 3.05) is 5.32 Å². The summed E-state index contributed by atoms with van der Waals surface area (Å²) in [5.41, 5.74) is 0.542. The van der Waals surface area contributed by atoms with E-state index in [0.717, 1.165) is 0 Å². The van der Waals surface area contributed by atoms with Crippen LogP contribution in [0.15, 0.2) is 41.1 Å². The first-order valence-corrected chi connectivity index (χ1v) is 4.62. The Labute approximate surface area is 90.8 Å². The van der Waals surface area contributed by atoms with Crippen molar-refractivity contribution >= 4 is 23.2 Å². The molecule has 76 valence electrons. The van der Waals surface area contributed by atoms with E-state index in [1.165, 1.54) is 12.3 Å². The Bertz CT molecular complexity index is 468. The lowest BCUT2D eigenvalue weighted by Crippen LogP contribution is -2.11. The molecule has 1 amide bonds. The summed E-state index contributed by atoms with van der Waals surface area (Å²) in [7, 11) is 0. The van der Waals surface area contributed by atoms with Crippen molar-refractivity contribution in [3.63, 3.8) is 0 Å². The summed E-state index contributed by atoms with van der Waals surface area (Å²) in [6.45, 7) is 0. The minimum atomic E-state index is -0.374. The first-order chi connectivity index (χ1) is 7.27. The van der Waals surface area contributed by atoms with Gasteiger partial charge in [0.05, 0.1) is 16.9 Å². The molecule has 15 heavy (non-hydrogen) atoms. The van der Waals surface area contributed by atoms with Gasteiger partial charge in [-0.3, -0.25) is 4.79 Å². The number of para-hydroxylation sites is 1. The fraction of sp³-hybridized carbons (Fsp3) is 0. The molecule has 0 aliphatic carbocycles. The molecule has 0 atom stereocenters. The number of carbonyl (C=O) groups is 1. The third-order valence-electron chi connectivity index (χ3n) is 1.78. The number of hydrogen-bond donors (Lipinski definition) is 1. The Kier molecular flexibility index (Phi) is 2.69. The monoisotopic (exact) mass is 222 g/mol. The van der Waals surface area contributed by atoms with Crippen LogP contribution in [0.25, 0.3) is 0 Å². The molecule has 0 saturated carbocycles. The van der Waals surface area contributed by atoms with Crippen molar-refractivity contribution < 1.29 is 9.32 Å². The molecule has 0 aliphatic rings. The van der Waals surface area contributed by atoms with E-state index in [9.17, 15) is 4.79 Å². The van der Waals surface area contributed by atoms with Crippen molar-refractivity contribution in [2.24, 2.45) is 0 Å². The molecule has 1 heterocycles. The van der Waals surface area contributed by atoms with Crippen LogP contribution < -0.4 is 5.32 Å². The molecule has 4 nitrogen and oxygen atoms in total. The largest absolute Gasteiger partial charge is 0.351 e. The van der Waals surface area contributed by atoms with Crippen molar-refractivity contribution in [1.82, 2.24) is 5.16 Å². The summed E-state index contributed by atoms with van der Waals surface area (Å²) < 4.78 is 4.70. The number of nitrogens with one attached hydrogen (secondary N) is 1. The Balaban J connectivity index is 2.17. The summed E-state index contributed by atoms with van der Waals surface area (Å²) in [5, 5.41) is 6.52. The molecule has 0 saturated heterocycles. The topological polar surface area (TPSA) is 55.1 Å². The molecule has 1 N–H and O–H groups in total. The second-order valence-electron chi connectivity index (χ2n) is 2.81. The predicted octanol–water partition coefficient (Wildman–Crippen LogP) is 2.58. The smallest absolute Gasteiger partial charge is 0.294 e. The predicted molar refractivity (Wildman–Crippen MR) is 55.9 cm³/mol. The third kappa shape index (κ3) is 2.16.